The van der Waals surface area contributed by atoms with Crippen LogP contribution in [0.3, 0.4) is 0 Å². The van der Waals surface area contributed by atoms with Gasteiger partial charge in [0.05, 0.1) is 4.88 Å². The predicted octanol–water partition coefficient (Wildman–Crippen LogP) is 4.42. The van der Waals surface area contributed by atoms with Crippen molar-refractivity contribution in [1.82, 2.24) is 0 Å². The van der Waals surface area contributed by atoms with Crippen molar-refractivity contribution in [2.24, 2.45) is 0 Å². The van der Waals surface area contributed by atoms with Crippen molar-refractivity contribution in [3.05, 3.63) is 10.3 Å². The van der Waals surface area contributed by atoms with Crippen molar-refractivity contribution in [2.75, 3.05) is 13.2 Å². The van der Waals surface area contributed by atoms with Crippen LogP contribution in [0.25, 0.3) is 0 Å². The number of fused-ring (bicyclic) bond motifs is 1. The second kappa shape index (κ2) is 6.90. The summed E-state index contributed by atoms with van der Waals surface area (Å²) in [5.74, 6) is 1.98. The van der Waals surface area contributed by atoms with Crippen LogP contribution in [-0.2, 0) is 6.42 Å². The van der Waals surface area contributed by atoms with E-state index in [4.69, 9.17) is 9.47 Å². The Morgan fingerprint density at radius 2 is 1.82 bits per heavy atom. The van der Waals surface area contributed by atoms with Gasteiger partial charge in [-0.05, 0) is 12.8 Å². The third kappa shape index (κ3) is 3.63. The molecule has 2 rings (SSSR count). The Labute approximate surface area is 108 Å². The van der Waals surface area contributed by atoms with Crippen molar-refractivity contribution in [1.29, 1.82) is 0 Å². The molecule has 0 bridgehead atoms. The van der Waals surface area contributed by atoms with Crippen molar-refractivity contribution < 1.29 is 9.47 Å². The van der Waals surface area contributed by atoms with Gasteiger partial charge in [0.2, 0.25) is 0 Å². The average Bonchev–Trinajstić information content (AvgIpc) is 2.77. The fraction of sp³-hybridized carbons (Fsp3) is 0.714. The van der Waals surface area contributed by atoms with Gasteiger partial charge in [-0.2, -0.15) is 0 Å². The fourth-order valence-electron chi connectivity index (χ4n) is 2.15. The molecule has 0 unspecified atom stereocenters. The molecule has 1 aliphatic rings. The molecule has 0 spiro atoms. The first-order valence-electron chi connectivity index (χ1n) is 6.77. The van der Waals surface area contributed by atoms with Gasteiger partial charge in [-0.3, -0.25) is 0 Å². The predicted molar refractivity (Wildman–Crippen MR) is 72.4 cm³/mol. The first-order valence-corrected chi connectivity index (χ1v) is 7.65. The lowest BCUT2D eigenvalue weighted by Gasteiger charge is -2.15. The van der Waals surface area contributed by atoms with Crippen LogP contribution in [0, 0.1) is 0 Å². The zero-order chi connectivity index (χ0) is 11.9. The van der Waals surface area contributed by atoms with Crippen LogP contribution in [0.1, 0.15) is 50.3 Å². The highest BCUT2D eigenvalue weighted by Gasteiger charge is 2.17. The maximum atomic E-state index is 5.68. The third-order valence-corrected chi connectivity index (χ3v) is 4.14. The fourth-order valence-corrected chi connectivity index (χ4v) is 3.11. The van der Waals surface area contributed by atoms with Crippen LogP contribution < -0.4 is 9.47 Å². The molecule has 17 heavy (non-hydrogen) atoms. The maximum Gasteiger partial charge on any atom is 0.175 e. The first-order chi connectivity index (χ1) is 8.42. The standard InChI is InChI=1S/C14H22O2S/c1-2-3-4-5-6-7-8-13-14-12(11-17-13)15-9-10-16-14/h11H,2-10H2,1H3. The summed E-state index contributed by atoms with van der Waals surface area (Å²) in [6, 6.07) is 0. The van der Waals surface area contributed by atoms with E-state index in [1.165, 1.54) is 43.4 Å². The number of aryl methyl sites for hydroxylation is 1. The van der Waals surface area contributed by atoms with E-state index in [2.05, 4.69) is 12.3 Å². The lowest BCUT2D eigenvalue weighted by atomic mass is 10.1. The van der Waals surface area contributed by atoms with E-state index in [1.54, 1.807) is 11.3 Å². The molecule has 0 atom stereocenters. The summed E-state index contributed by atoms with van der Waals surface area (Å²) in [5, 5.41) is 2.08. The number of ether oxygens (including phenoxy) is 2. The summed E-state index contributed by atoms with van der Waals surface area (Å²) >= 11 is 1.78. The molecule has 2 nitrogen and oxygen atoms in total. The van der Waals surface area contributed by atoms with E-state index in [0.717, 1.165) is 17.9 Å². The molecule has 0 amide bonds. The van der Waals surface area contributed by atoms with Crippen molar-refractivity contribution >= 4 is 11.3 Å². The van der Waals surface area contributed by atoms with Crippen LogP contribution in [0.5, 0.6) is 11.5 Å². The zero-order valence-electron chi connectivity index (χ0n) is 10.7. The highest BCUT2D eigenvalue weighted by molar-refractivity contribution is 7.10. The van der Waals surface area contributed by atoms with Gasteiger partial charge in [0.1, 0.15) is 13.2 Å². The first kappa shape index (κ1) is 12.7. The van der Waals surface area contributed by atoms with Crippen molar-refractivity contribution in [2.45, 2.75) is 51.9 Å². The molecule has 1 aromatic heterocycles. The highest BCUT2D eigenvalue weighted by Crippen LogP contribution is 2.40. The van der Waals surface area contributed by atoms with Crippen LogP contribution in [0.4, 0.5) is 0 Å². The molecule has 0 aromatic carbocycles. The van der Waals surface area contributed by atoms with E-state index < -0.39 is 0 Å². The molecule has 0 aliphatic carbocycles. The smallest absolute Gasteiger partial charge is 0.175 e. The molecular formula is C14H22O2S. The maximum absolute atomic E-state index is 5.68. The molecule has 1 aliphatic heterocycles. The third-order valence-electron chi connectivity index (χ3n) is 3.13. The number of hydrogen-bond acceptors (Lipinski definition) is 3. The molecular weight excluding hydrogens is 232 g/mol. The Hall–Kier alpha value is -0.700. The van der Waals surface area contributed by atoms with Crippen LogP contribution in [0.2, 0.25) is 0 Å². The van der Waals surface area contributed by atoms with Crippen LogP contribution in [0.15, 0.2) is 5.38 Å². The van der Waals surface area contributed by atoms with Crippen molar-refractivity contribution in [3.8, 4) is 11.5 Å². The van der Waals surface area contributed by atoms with Gasteiger partial charge >= 0.3 is 0 Å². The zero-order valence-corrected chi connectivity index (χ0v) is 11.5. The topological polar surface area (TPSA) is 18.5 Å². The monoisotopic (exact) mass is 254 g/mol. The summed E-state index contributed by atoms with van der Waals surface area (Å²) < 4.78 is 11.2. The van der Waals surface area contributed by atoms with Gasteiger partial charge in [-0.25, -0.2) is 0 Å². The number of unbranched alkanes of at least 4 members (excludes halogenated alkanes) is 5. The Kier molecular flexibility index (Phi) is 5.17. The molecule has 0 saturated heterocycles. The quantitative estimate of drug-likeness (QED) is 0.670. The molecule has 96 valence electrons. The summed E-state index contributed by atoms with van der Waals surface area (Å²) in [4.78, 5) is 1.37. The average molecular weight is 254 g/mol. The van der Waals surface area contributed by atoms with Crippen LogP contribution >= 0.6 is 11.3 Å². The minimum Gasteiger partial charge on any atom is -0.485 e. The molecule has 0 radical (unpaired) electrons. The minimum absolute atomic E-state index is 0.695. The Morgan fingerprint density at radius 1 is 1.06 bits per heavy atom. The Balaban J connectivity index is 1.70. The molecule has 3 heteroatoms. The summed E-state index contributed by atoms with van der Waals surface area (Å²) in [5.41, 5.74) is 0. The van der Waals surface area contributed by atoms with Crippen molar-refractivity contribution in [3.63, 3.8) is 0 Å². The van der Waals surface area contributed by atoms with E-state index in [1.807, 2.05) is 0 Å². The summed E-state index contributed by atoms with van der Waals surface area (Å²) in [6.45, 7) is 3.66. The lowest BCUT2D eigenvalue weighted by Crippen LogP contribution is -2.14. The second-order valence-corrected chi connectivity index (χ2v) is 5.53. The van der Waals surface area contributed by atoms with Gasteiger partial charge < -0.3 is 9.47 Å². The van der Waals surface area contributed by atoms with Crippen LogP contribution in [-0.4, -0.2) is 13.2 Å². The van der Waals surface area contributed by atoms with Gasteiger partial charge in [0.25, 0.3) is 0 Å². The van der Waals surface area contributed by atoms with Gasteiger partial charge in [0.15, 0.2) is 11.5 Å². The largest absolute Gasteiger partial charge is 0.485 e. The Morgan fingerprint density at radius 3 is 2.71 bits per heavy atom. The van der Waals surface area contributed by atoms with Gasteiger partial charge in [-0.1, -0.05) is 39.0 Å². The number of hydrogen-bond donors (Lipinski definition) is 0. The number of rotatable bonds is 7. The van der Waals surface area contributed by atoms with Gasteiger partial charge in [-0.15, -0.1) is 11.3 Å². The molecule has 0 saturated carbocycles. The van der Waals surface area contributed by atoms with E-state index in [-0.39, 0.29) is 0 Å². The van der Waals surface area contributed by atoms with E-state index in [0.29, 0.717) is 13.2 Å². The molecule has 2 heterocycles. The lowest BCUT2D eigenvalue weighted by molar-refractivity contribution is 0.172. The molecule has 0 fully saturated rings. The SMILES string of the molecule is CCCCCCCCc1scc2c1OCCO2. The summed E-state index contributed by atoms with van der Waals surface area (Å²) in [6.07, 6.45) is 9.23. The Bertz CT molecular complexity index is 333. The van der Waals surface area contributed by atoms with E-state index >= 15 is 0 Å². The van der Waals surface area contributed by atoms with E-state index in [9.17, 15) is 0 Å². The normalized spacial score (nSPS) is 13.9. The highest BCUT2D eigenvalue weighted by atomic mass is 32.1. The summed E-state index contributed by atoms with van der Waals surface area (Å²) in [7, 11) is 0. The molecule has 0 N–H and O–H groups in total. The second-order valence-electron chi connectivity index (χ2n) is 4.57. The minimum atomic E-state index is 0.695. The molecule has 1 aromatic rings. The number of thiophene rings is 1. The van der Waals surface area contributed by atoms with Gasteiger partial charge in [0, 0.05) is 5.38 Å².